The zero-order chi connectivity index (χ0) is 54.9. The summed E-state index contributed by atoms with van der Waals surface area (Å²) in [6.45, 7) is 1.85. The predicted octanol–water partition coefficient (Wildman–Crippen LogP) is 14.8. The topological polar surface area (TPSA) is 223 Å². The lowest BCUT2D eigenvalue weighted by molar-refractivity contribution is -0.432. The van der Waals surface area contributed by atoms with Crippen molar-refractivity contribution < 1.29 is 74.1 Å². The summed E-state index contributed by atoms with van der Waals surface area (Å²) >= 11 is 1.51. The van der Waals surface area contributed by atoms with Crippen LogP contribution < -0.4 is 18.9 Å². The van der Waals surface area contributed by atoms with Crippen LogP contribution in [-0.4, -0.2) is 43.6 Å². The third kappa shape index (κ3) is 13.7. The van der Waals surface area contributed by atoms with E-state index in [-0.39, 0.29) is 23.3 Å². The molecule has 404 valence electrons. The van der Waals surface area contributed by atoms with Gasteiger partial charge in [0.2, 0.25) is 0 Å². The van der Waals surface area contributed by atoms with Crippen molar-refractivity contribution >= 4 is 44.3 Å². The highest BCUT2D eigenvalue weighted by atomic mass is 32.2. The summed E-state index contributed by atoms with van der Waals surface area (Å²) in [7, 11) is -7.76. The van der Waals surface area contributed by atoms with Crippen LogP contribution in [0.1, 0.15) is 71.0 Å². The maximum Gasteiger partial charge on any atom is 0.298 e. The zero-order valence-corrected chi connectivity index (χ0v) is 45.2. The Labute approximate surface area is 460 Å². The van der Waals surface area contributed by atoms with Gasteiger partial charge in [0.1, 0.15) is 50.0 Å². The molecule has 0 saturated heterocycles. The summed E-state index contributed by atoms with van der Waals surface area (Å²) in [6.07, 6.45) is 5.90. The first-order chi connectivity index (χ1) is 37.6. The predicted molar refractivity (Wildman–Crippen MR) is 292 cm³/mol. The van der Waals surface area contributed by atoms with Crippen molar-refractivity contribution in [1.82, 2.24) is 0 Å². The van der Waals surface area contributed by atoms with Crippen LogP contribution in [-0.2, 0) is 57.2 Å². The first kappa shape index (κ1) is 56.0. The molecule has 0 unspecified atom stereocenters. The van der Waals surface area contributed by atoms with Crippen LogP contribution in [0.25, 0.3) is 11.1 Å². The number of rotatable bonds is 22. The molecule has 78 heavy (non-hydrogen) atoms. The molecule has 0 aromatic heterocycles. The standard InChI is InChI=1S/C58H52O16S4/c1-38-6-7-39(34-54(38)75-73-71-59)32-41-9-28-52(56(36-41)77(61,62)63)69-49-21-13-44(14-22-49)43-11-19-48(20-12-43)68-51-27-8-40(35-55(51)76-74-72-60)33-42-10-29-53(57(37-42)78(64,65)66)70-50-25-17-46(18-26-50)58(30-4-3-5-31-58)45-15-23-47(67-2)24-16-45/h6-29,34-37,59-60H,3-5,30-33H2,1-2H3,(H,61,62,63)(H,64,65,66). The lowest BCUT2D eigenvalue weighted by Crippen LogP contribution is -2.30. The molecule has 0 bridgehead atoms. The van der Waals surface area contributed by atoms with Gasteiger partial charge in [0.15, 0.2) is 0 Å². The second kappa shape index (κ2) is 24.9. The molecule has 0 atom stereocenters. The summed E-state index contributed by atoms with van der Waals surface area (Å²) < 4.78 is 104. The molecular weight excluding hydrogens is 1080 g/mol. The van der Waals surface area contributed by atoms with Crippen molar-refractivity contribution in [3.05, 3.63) is 209 Å². The van der Waals surface area contributed by atoms with E-state index in [9.17, 15) is 25.9 Å². The molecule has 8 aromatic carbocycles. The van der Waals surface area contributed by atoms with E-state index < -0.39 is 30.0 Å². The Morgan fingerprint density at radius 2 is 0.846 bits per heavy atom. The molecule has 1 aliphatic carbocycles. The van der Waals surface area contributed by atoms with Crippen molar-refractivity contribution in [3.8, 4) is 51.4 Å². The Balaban J connectivity index is 0.854. The fourth-order valence-corrected chi connectivity index (χ4v) is 11.9. The molecule has 8 aromatic rings. The summed E-state index contributed by atoms with van der Waals surface area (Å²) in [6, 6.07) is 49.8. The van der Waals surface area contributed by atoms with Gasteiger partial charge < -0.3 is 18.9 Å². The van der Waals surface area contributed by atoms with Crippen LogP contribution in [0.5, 0.6) is 40.2 Å². The number of aryl methyl sites for hydroxylation is 1. The SMILES string of the molecule is COc1ccc(C2(c3ccc(Oc4ccc(Cc5ccc(Oc6ccc(-c7ccc(Oc8ccc(Cc9ccc(C)c(SOOO)c9)cc8S(=O)(=O)O)cc7)cc6)c(SOOO)c5)cc4S(=O)(=O)O)cc3)CCCCC2)cc1. The molecule has 16 nitrogen and oxygen atoms in total. The van der Waals surface area contributed by atoms with Crippen LogP contribution >= 0.6 is 24.1 Å². The van der Waals surface area contributed by atoms with Crippen molar-refractivity contribution in [2.24, 2.45) is 0 Å². The van der Waals surface area contributed by atoms with E-state index in [1.165, 1.54) is 36.2 Å². The van der Waals surface area contributed by atoms with Gasteiger partial charge in [-0.15, -0.1) is 8.67 Å². The molecule has 0 aliphatic heterocycles. The highest BCUT2D eigenvalue weighted by Gasteiger charge is 2.36. The number of methoxy groups -OCH3 is 1. The lowest BCUT2D eigenvalue weighted by Gasteiger charge is -2.38. The van der Waals surface area contributed by atoms with Crippen LogP contribution in [0.4, 0.5) is 0 Å². The van der Waals surface area contributed by atoms with E-state index in [1.807, 2.05) is 73.7 Å². The van der Waals surface area contributed by atoms with Crippen LogP contribution in [0.3, 0.4) is 0 Å². The van der Waals surface area contributed by atoms with E-state index in [4.69, 9.17) is 33.8 Å². The van der Waals surface area contributed by atoms with Gasteiger partial charge in [0.25, 0.3) is 20.2 Å². The van der Waals surface area contributed by atoms with E-state index in [2.05, 4.69) is 26.5 Å². The number of ether oxygens (including phenoxy) is 4. The Morgan fingerprint density at radius 3 is 1.29 bits per heavy atom. The van der Waals surface area contributed by atoms with Crippen molar-refractivity contribution in [3.63, 3.8) is 0 Å². The largest absolute Gasteiger partial charge is 0.497 e. The third-order valence-corrected chi connectivity index (χ3v) is 16.6. The van der Waals surface area contributed by atoms with Gasteiger partial charge in [-0.25, -0.2) is 10.5 Å². The molecule has 0 radical (unpaired) electrons. The van der Waals surface area contributed by atoms with Gasteiger partial charge in [-0.3, -0.25) is 9.11 Å². The van der Waals surface area contributed by atoms with Gasteiger partial charge in [0.05, 0.1) is 36.1 Å². The molecular formula is C58H52O16S4. The highest BCUT2D eigenvalue weighted by Crippen LogP contribution is 2.46. The Morgan fingerprint density at radius 1 is 0.462 bits per heavy atom. The Kier molecular flexibility index (Phi) is 17.9. The van der Waals surface area contributed by atoms with E-state index in [0.717, 1.165) is 71.3 Å². The third-order valence-electron chi connectivity index (χ3n) is 13.4. The molecule has 1 aliphatic rings. The molecule has 0 amide bonds. The minimum atomic E-state index is -4.72. The molecule has 0 spiro atoms. The van der Waals surface area contributed by atoms with Gasteiger partial charge in [-0.2, -0.15) is 16.8 Å². The zero-order valence-electron chi connectivity index (χ0n) is 41.9. The number of benzene rings is 8. The average molecular weight is 1130 g/mol. The summed E-state index contributed by atoms with van der Waals surface area (Å²) in [5.74, 6) is 2.23. The number of hydrogen-bond donors (Lipinski definition) is 4. The smallest absolute Gasteiger partial charge is 0.298 e. The normalized spacial score (nSPS) is 13.5. The molecule has 0 heterocycles. The van der Waals surface area contributed by atoms with Gasteiger partial charge in [-0.1, -0.05) is 108 Å². The van der Waals surface area contributed by atoms with Crippen molar-refractivity contribution in [1.29, 1.82) is 0 Å². The van der Waals surface area contributed by atoms with Gasteiger partial charge >= 0.3 is 0 Å². The molecule has 20 heteroatoms. The molecule has 1 saturated carbocycles. The monoisotopic (exact) mass is 1130 g/mol. The first-order valence-corrected chi connectivity index (χ1v) is 28.7. The summed E-state index contributed by atoms with van der Waals surface area (Å²) in [4.78, 5) is 0.298. The van der Waals surface area contributed by atoms with Crippen molar-refractivity contribution in [2.45, 2.75) is 76.9 Å². The molecule has 9 rings (SSSR count). The van der Waals surface area contributed by atoms with E-state index in [1.54, 1.807) is 73.8 Å². The highest BCUT2D eigenvalue weighted by molar-refractivity contribution is 7.94. The quantitative estimate of drug-likeness (QED) is 0.0214. The maximum atomic E-state index is 12.8. The average Bonchev–Trinajstić information content (AvgIpc) is 3.48. The first-order valence-electron chi connectivity index (χ1n) is 24.3. The summed E-state index contributed by atoms with van der Waals surface area (Å²) in [5.41, 5.74) is 7.32. The van der Waals surface area contributed by atoms with Crippen LogP contribution in [0.2, 0.25) is 0 Å². The fourth-order valence-electron chi connectivity index (χ4n) is 9.59. The van der Waals surface area contributed by atoms with Gasteiger partial charge in [0, 0.05) is 10.3 Å². The molecule has 4 N–H and O–H groups in total. The molecule has 1 fully saturated rings. The Hall–Kier alpha value is -6.76. The van der Waals surface area contributed by atoms with E-state index in [0.29, 0.717) is 67.9 Å². The number of hydrogen-bond acceptors (Lipinski definition) is 16. The van der Waals surface area contributed by atoms with E-state index >= 15 is 0 Å². The lowest BCUT2D eigenvalue weighted by atomic mass is 9.65. The van der Waals surface area contributed by atoms with Crippen LogP contribution in [0, 0.1) is 6.92 Å². The second-order valence-corrected chi connectivity index (χ2v) is 22.7. The Bertz CT molecular complexity index is 3590. The maximum absolute atomic E-state index is 12.8. The summed E-state index contributed by atoms with van der Waals surface area (Å²) in [5, 5.41) is 25.2. The second-order valence-electron chi connectivity index (χ2n) is 18.4. The van der Waals surface area contributed by atoms with Crippen LogP contribution in [0.15, 0.2) is 189 Å². The minimum Gasteiger partial charge on any atom is -0.497 e. The minimum absolute atomic E-state index is 0.0358. The van der Waals surface area contributed by atoms with Gasteiger partial charge in [-0.05, 0) is 174 Å². The van der Waals surface area contributed by atoms with Crippen molar-refractivity contribution in [2.75, 3.05) is 7.11 Å². The fraction of sp³-hybridized carbons (Fsp3) is 0.172.